The molecule has 0 fully saturated rings. The van der Waals surface area contributed by atoms with E-state index < -0.39 is 0 Å². The van der Waals surface area contributed by atoms with Crippen LogP contribution in [0, 0.1) is 96.6 Å². The molecule has 21 aromatic rings. The zero-order valence-corrected chi connectivity index (χ0v) is 80.8. The van der Waals surface area contributed by atoms with Gasteiger partial charge >= 0.3 is 0 Å². The SMILES string of the molecule is Cc1c(-c2c3ccccc3cn2C)cc(C(C)(C)C)cc1-[n+]1ccccc1C.Cc1c(-c2c3ccccc3cn2C)cc2ccccc2c1-[n+]1ccccc1C.Cc1cc(-c2c3ccccc3cn2C)c(C)c(-[n+]2ccccc2C)c1.Cc1cc(C)c(-[n+]2ccccc2C)c(C)c1-c1c2ccccc2cn1C.[C-]#[N+]c1cc(-c2c3ccccc3cn2C)c(C)c(-[n+]2ccccc2C)c1. The van der Waals surface area contributed by atoms with Crippen molar-refractivity contribution in [2.24, 2.45) is 35.2 Å². The molecule has 0 spiro atoms. The predicted octanol–water partition coefficient (Wildman–Crippen LogP) is 27.6. The molecular formula is C122H120N11+5. The third-order valence-corrected chi connectivity index (χ3v) is 26.8. The van der Waals surface area contributed by atoms with Crippen LogP contribution in [0.2, 0.25) is 0 Å². The smallest absolute Gasteiger partial charge is 0.222 e. The summed E-state index contributed by atoms with van der Waals surface area (Å²) < 4.78 is 22.5. The molecule has 11 heteroatoms. The van der Waals surface area contributed by atoms with Crippen LogP contribution < -0.4 is 22.8 Å². The van der Waals surface area contributed by atoms with Crippen molar-refractivity contribution in [3.63, 3.8) is 0 Å². The third-order valence-electron chi connectivity index (χ3n) is 26.8. The zero-order valence-electron chi connectivity index (χ0n) is 80.8. The number of benzene rings is 11. The summed E-state index contributed by atoms with van der Waals surface area (Å²) in [7, 11) is 10.6. The monoisotopic (exact) mass is 1740 g/mol. The first-order chi connectivity index (χ1) is 64.1. The molecule has 10 heterocycles. The highest BCUT2D eigenvalue weighted by Crippen LogP contribution is 2.43. The molecule has 0 N–H and O–H groups in total. The third kappa shape index (κ3) is 17.3. The Kier molecular flexibility index (Phi) is 25.1. The van der Waals surface area contributed by atoms with Gasteiger partial charge in [-0.15, -0.1) is 0 Å². The van der Waals surface area contributed by atoms with Crippen molar-refractivity contribution in [2.75, 3.05) is 0 Å². The normalized spacial score (nSPS) is 11.3. The topological polar surface area (TPSA) is 48.4 Å². The molecule has 10 aromatic heterocycles. The van der Waals surface area contributed by atoms with Gasteiger partial charge in [0.2, 0.25) is 28.4 Å². The number of aryl methyl sites for hydroxylation is 13. The van der Waals surface area contributed by atoms with Crippen molar-refractivity contribution in [2.45, 2.75) is 116 Å². The van der Waals surface area contributed by atoms with Gasteiger partial charge in [0.25, 0.3) is 0 Å². The highest BCUT2D eigenvalue weighted by atomic mass is 15.0. The number of aromatic nitrogens is 10. The summed E-state index contributed by atoms with van der Waals surface area (Å²) in [4.78, 5) is 3.74. The Bertz CT molecular complexity index is 8110. The summed E-state index contributed by atoms with van der Waals surface area (Å²) in [5, 5.41) is 15.3. The number of hydrogen-bond acceptors (Lipinski definition) is 0. The van der Waals surface area contributed by atoms with Gasteiger partial charge in [-0.25, -0.2) is 4.85 Å². The average molecular weight is 1740 g/mol. The van der Waals surface area contributed by atoms with Gasteiger partial charge < -0.3 is 22.8 Å². The average Bonchev–Trinajstić information content (AvgIpc) is 1.41. The summed E-state index contributed by atoms with van der Waals surface area (Å²) in [6.07, 6.45) is 21.7. The van der Waals surface area contributed by atoms with Crippen LogP contribution >= 0.6 is 0 Å². The number of pyridine rings is 5. The minimum atomic E-state index is 0.0708. The molecule has 0 bridgehead atoms. The maximum absolute atomic E-state index is 7.57. The second-order valence-electron chi connectivity index (χ2n) is 37.0. The van der Waals surface area contributed by atoms with Crippen molar-refractivity contribution in [1.29, 1.82) is 0 Å². The zero-order chi connectivity index (χ0) is 93.5. The van der Waals surface area contributed by atoms with Crippen molar-refractivity contribution < 1.29 is 22.8 Å². The van der Waals surface area contributed by atoms with Crippen molar-refractivity contribution >= 4 is 70.3 Å². The number of hydrogen-bond donors (Lipinski definition) is 0. The Balaban J connectivity index is 0.000000116. The molecular weight excluding hydrogens is 1620 g/mol. The van der Waals surface area contributed by atoms with E-state index in [0.29, 0.717) is 5.69 Å². The van der Waals surface area contributed by atoms with Crippen molar-refractivity contribution in [3.05, 3.63) is 437 Å². The molecule has 11 nitrogen and oxygen atoms in total. The maximum Gasteiger partial charge on any atom is 0.222 e. The van der Waals surface area contributed by atoms with Crippen LogP contribution in [0.5, 0.6) is 0 Å². The van der Waals surface area contributed by atoms with Crippen LogP contribution in [0.15, 0.2) is 347 Å². The second-order valence-corrected chi connectivity index (χ2v) is 37.0. The Morgan fingerprint density at radius 3 is 0.932 bits per heavy atom. The minimum Gasteiger partial charge on any atom is -0.349 e. The molecule has 0 unspecified atom stereocenters. The van der Waals surface area contributed by atoms with E-state index in [-0.39, 0.29) is 5.41 Å². The predicted molar refractivity (Wildman–Crippen MR) is 553 cm³/mol. The van der Waals surface area contributed by atoms with Crippen LogP contribution in [0.3, 0.4) is 0 Å². The van der Waals surface area contributed by atoms with E-state index in [1.165, 1.54) is 205 Å². The fourth-order valence-corrected chi connectivity index (χ4v) is 20.2. The van der Waals surface area contributed by atoms with Crippen LogP contribution in [-0.2, 0) is 40.7 Å². The summed E-state index contributed by atoms with van der Waals surface area (Å²) in [5.41, 5.74) is 37.2. The molecule has 133 heavy (non-hydrogen) atoms. The second kappa shape index (κ2) is 37.2. The molecule has 0 amide bonds. The molecule has 0 saturated heterocycles. The fourth-order valence-electron chi connectivity index (χ4n) is 20.2. The number of nitrogens with zero attached hydrogens (tertiary/aromatic N) is 11. The molecule has 0 aliphatic heterocycles. The lowest BCUT2D eigenvalue weighted by Crippen LogP contribution is -2.35. The van der Waals surface area contributed by atoms with Gasteiger partial charge in [-0.1, -0.05) is 191 Å². The van der Waals surface area contributed by atoms with E-state index >= 15 is 0 Å². The summed E-state index contributed by atoms with van der Waals surface area (Å²) in [6, 6.07) is 101. The van der Waals surface area contributed by atoms with Gasteiger partial charge in [0.15, 0.2) is 65.1 Å². The molecule has 11 aromatic carbocycles. The van der Waals surface area contributed by atoms with E-state index in [1.54, 1.807) is 0 Å². The molecule has 0 radical (unpaired) electrons. The van der Waals surface area contributed by atoms with Crippen LogP contribution in [0.1, 0.15) is 99.3 Å². The standard InChI is InChI=1S/C26H23N2.C26H29N2.C24H25N2.C23H20N3.C23H23N2/c1-18-10-8-9-15-28(18)25-19(2)24(16-20-11-4-6-13-22(20)25)26-23-14-7-5-12-21(23)17-27(26)3;1-18-11-9-10-14-28(18)24-16-21(26(3,4)5)15-23(19(24)2)25-22-13-8-7-12-20(22)17-27(25)6;1-16-14-17(2)23(26-13-9-8-10-18(26)3)19(4)22(16)24-21-12-7-6-11-20(21)15-25(24)5;1-16-9-7-8-12-26(16)22-14-19(24-3)13-21(17(22)2)23-20-11-6-5-10-18(20)15-25(23)4;1-16-13-21(23-20-11-6-5-10-19(20)15-24(23)4)18(3)22(14-16)25-12-8-7-9-17(25)2/h4-17H,1-3H3;7-17H,1-6H3;6-15H,1-5H3;5-15H,1-2,4H3;5-15H,1-4H3/q5*+1. The van der Waals surface area contributed by atoms with Gasteiger partial charge in [-0.2, -0.15) is 22.8 Å². The first-order valence-electron chi connectivity index (χ1n) is 46.1. The van der Waals surface area contributed by atoms with E-state index in [4.69, 9.17) is 6.57 Å². The van der Waals surface area contributed by atoms with Crippen molar-refractivity contribution in [3.8, 4) is 84.7 Å². The van der Waals surface area contributed by atoms with E-state index in [1.807, 2.05) is 24.3 Å². The quantitative estimate of drug-likeness (QED) is 0.0968. The minimum absolute atomic E-state index is 0.0708. The number of fused-ring (bicyclic) bond motifs is 6. The van der Waals surface area contributed by atoms with Crippen molar-refractivity contribution in [1.82, 2.24) is 22.8 Å². The Labute approximate surface area is 784 Å². The summed E-state index contributed by atoms with van der Waals surface area (Å²) >= 11 is 0. The van der Waals surface area contributed by atoms with E-state index in [9.17, 15) is 0 Å². The molecule has 0 atom stereocenters. The van der Waals surface area contributed by atoms with E-state index in [2.05, 4.69) is 519 Å². The lowest BCUT2D eigenvalue weighted by atomic mass is 9.83. The number of rotatable bonds is 10. The lowest BCUT2D eigenvalue weighted by molar-refractivity contribution is -0.603. The van der Waals surface area contributed by atoms with Crippen LogP contribution in [0.25, 0.3) is 154 Å². The first kappa shape index (κ1) is 89.6. The highest BCUT2D eigenvalue weighted by molar-refractivity contribution is 6.04. The summed E-state index contributed by atoms with van der Waals surface area (Å²) in [5.74, 6) is 0. The largest absolute Gasteiger partial charge is 0.349 e. The molecule has 0 aliphatic carbocycles. The van der Waals surface area contributed by atoms with Gasteiger partial charge in [0.05, 0.1) is 40.4 Å². The molecule has 658 valence electrons. The maximum atomic E-state index is 7.57. The Morgan fingerprint density at radius 2 is 0.556 bits per heavy atom. The van der Waals surface area contributed by atoms with Gasteiger partial charge in [0.1, 0.15) is 0 Å². The first-order valence-corrected chi connectivity index (χ1v) is 46.1. The van der Waals surface area contributed by atoms with Gasteiger partial charge in [-0.05, 0) is 152 Å². The highest BCUT2D eigenvalue weighted by Gasteiger charge is 2.30. The molecule has 0 aliphatic rings. The van der Waals surface area contributed by atoms with Crippen LogP contribution in [0.4, 0.5) is 5.69 Å². The fraction of sp³-hybridized carbons (Fsp3) is 0.180. The van der Waals surface area contributed by atoms with E-state index in [0.717, 1.165) is 22.6 Å². The molecule has 0 saturated carbocycles. The molecule has 21 rings (SSSR count). The summed E-state index contributed by atoms with van der Waals surface area (Å²) in [6.45, 7) is 42.9. The Hall–Kier alpha value is -15.4. The van der Waals surface area contributed by atoms with Crippen LogP contribution in [-0.4, -0.2) is 22.8 Å². The Morgan fingerprint density at radius 1 is 0.256 bits per heavy atom. The lowest BCUT2D eigenvalue weighted by Gasteiger charge is -2.22. The van der Waals surface area contributed by atoms with Gasteiger partial charge in [-0.3, -0.25) is 0 Å². The van der Waals surface area contributed by atoms with Gasteiger partial charge in [0, 0.05) is 262 Å².